The molecular weight excluding hydrogens is 426 g/mol. The van der Waals surface area contributed by atoms with Crippen LogP contribution < -0.4 is 10.1 Å². The van der Waals surface area contributed by atoms with E-state index in [9.17, 15) is 22.0 Å². The van der Waals surface area contributed by atoms with Crippen molar-refractivity contribution in [2.45, 2.75) is 43.5 Å². The summed E-state index contributed by atoms with van der Waals surface area (Å²) in [6.45, 7) is 1.50. The molecule has 1 aliphatic rings. The highest BCUT2D eigenvalue weighted by molar-refractivity contribution is 7.89. The molecule has 2 aromatic rings. The Morgan fingerprint density at radius 2 is 1.74 bits per heavy atom. The first-order valence-corrected chi connectivity index (χ1v) is 11.7. The van der Waals surface area contributed by atoms with Gasteiger partial charge in [0.2, 0.25) is 15.9 Å². The first kappa shape index (κ1) is 23.1. The summed E-state index contributed by atoms with van der Waals surface area (Å²) in [7, 11) is -3.47. The zero-order valence-corrected chi connectivity index (χ0v) is 18.0. The first-order valence-electron chi connectivity index (χ1n) is 10.3. The van der Waals surface area contributed by atoms with Gasteiger partial charge in [0.05, 0.1) is 11.5 Å². The molecule has 1 fully saturated rings. The maximum atomic E-state index is 13.5. The largest absolute Gasteiger partial charge is 0.491 e. The molecule has 0 spiro atoms. The van der Waals surface area contributed by atoms with E-state index in [-0.39, 0.29) is 36.1 Å². The van der Waals surface area contributed by atoms with E-state index in [4.69, 9.17) is 4.74 Å². The number of amides is 1. The Morgan fingerprint density at radius 1 is 1.03 bits per heavy atom. The molecule has 0 saturated carbocycles. The van der Waals surface area contributed by atoms with Crippen LogP contribution in [0.3, 0.4) is 0 Å². The second kappa shape index (κ2) is 10.7. The topological polar surface area (TPSA) is 75.7 Å². The van der Waals surface area contributed by atoms with Gasteiger partial charge in [-0.25, -0.2) is 17.2 Å². The van der Waals surface area contributed by atoms with Crippen LogP contribution in [-0.2, 0) is 21.4 Å². The number of nitrogens with zero attached hydrogens (tertiary/aromatic N) is 1. The molecule has 1 saturated heterocycles. The minimum atomic E-state index is -3.47. The minimum absolute atomic E-state index is 0.0543. The molecule has 0 aromatic heterocycles. The second-order valence-electron chi connectivity index (χ2n) is 7.41. The Morgan fingerprint density at radius 3 is 2.42 bits per heavy atom. The van der Waals surface area contributed by atoms with Gasteiger partial charge in [-0.1, -0.05) is 18.6 Å². The summed E-state index contributed by atoms with van der Waals surface area (Å²) >= 11 is 0. The highest BCUT2D eigenvalue weighted by atomic mass is 32.2. The van der Waals surface area contributed by atoms with Gasteiger partial charge in [0, 0.05) is 32.1 Å². The predicted octanol–water partition coefficient (Wildman–Crippen LogP) is 3.61. The number of piperidine rings is 1. The Kier molecular flexibility index (Phi) is 7.97. The molecule has 1 N–H and O–H groups in total. The molecule has 31 heavy (non-hydrogen) atoms. The smallest absolute Gasteiger partial charge is 0.243 e. The van der Waals surface area contributed by atoms with Crippen LogP contribution in [-0.4, -0.2) is 38.3 Å². The van der Waals surface area contributed by atoms with Crippen LogP contribution in [0.4, 0.5) is 8.78 Å². The fourth-order valence-electron chi connectivity index (χ4n) is 3.33. The van der Waals surface area contributed by atoms with Gasteiger partial charge in [-0.3, -0.25) is 4.79 Å². The minimum Gasteiger partial charge on any atom is -0.491 e. The van der Waals surface area contributed by atoms with Crippen molar-refractivity contribution in [3.63, 3.8) is 0 Å². The average Bonchev–Trinajstić information content (AvgIpc) is 2.77. The second-order valence-corrected chi connectivity index (χ2v) is 9.35. The van der Waals surface area contributed by atoms with Gasteiger partial charge in [0.15, 0.2) is 11.6 Å². The molecule has 0 aliphatic carbocycles. The van der Waals surface area contributed by atoms with E-state index >= 15 is 0 Å². The van der Waals surface area contributed by atoms with Crippen LogP contribution in [0, 0.1) is 11.6 Å². The number of nitrogens with one attached hydrogen (secondary N) is 1. The van der Waals surface area contributed by atoms with Crippen molar-refractivity contribution in [1.29, 1.82) is 0 Å². The number of carbonyl (C=O) groups excluding carboxylic acids is 1. The fraction of sp³-hybridized carbons (Fsp3) is 0.409. The molecule has 9 heteroatoms. The number of sulfonamides is 1. The van der Waals surface area contributed by atoms with E-state index in [1.807, 2.05) is 0 Å². The van der Waals surface area contributed by atoms with Gasteiger partial charge in [0.25, 0.3) is 0 Å². The first-order chi connectivity index (χ1) is 14.9. The summed E-state index contributed by atoms with van der Waals surface area (Å²) in [6, 6.07) is 9.57. The third-order valence-corrected chi connectivity index (χ3v) is 6.98. The summed E-state index contributed by atoms with van der Waals surface area (Å²) in [5, 5.41) is 2.76. The highest BCUT2D eigenvalue weighted by Crippen LogP contribution is 2.21. The van der Waals surface area contributed by atoms with E-state index in [2.05, 4.69) is 5.32 Å². The van der Waals surface area contributed by atoms with E-state index in [0.29, 0.717) is 19.5 Å². The van der Waals surface area contributed by atoms with Crippen LogP contribution in [0.15, 0.2) is 47.4 Å². The quantitative estimate of drug-likeness (QED) is 0.590. The molecule has 3 rings (SSSR count). The maximum absolute atomic E-state index is 13.5. The lowest BCUT2D eigenvalue weighted by atomic mass is 10.2. The zero-order chi connectivity index (χ0) is 22.3. The SMILES string of the molecule is O=C(CCCOc1ccc(F)cc1F)NCc1ccc(S(=O)(=O)N2CCCCC2)cc1. The average molecular weight is 453 g/mol. The van der Waals surface area contributed by atoms with Gasteiger partial charge in [-0.15, -0.1) is 0 Å². The van der Waals surface area contributed by atoms with Crippen molar-refractivity contribution in [3.8, 4) is 5.75 Å². The van der Waals surface area contributed by atoms with Crippen molar-refractivity contribution in [3.05, 3.63) is 59.7 Å². The van der Waals surface area contributed by atoms with Crippen LogP contribution >= 0.6 is 0 Å². The van der Waals surface area contributed by atoms with Gasteiger partial charge in [0.1, 0.15) is 5.82 Å². The number of ether oxygens (including phenoxy) is 1. The summed E-state index contributed by atoms with van der Waals surface area (Å²) in [5.74, 6) is -1.72. The molecule has 168 valence electrons. The molecule has 1 aliphatic heterocycles. The van der Waals surface area contributed by atoms with Gasteiger partial charge < -0.3 is 10.1 Å². The molecule has 1 heterocycles. The highest BCUT2D eigenvalue weighted by Gasteiger charge is 2.25. The molecule has 2 aromatic carbocycles. The Bertz CT molecular complexity index is 991. The van der Waals surface area contributed by atoms with Gasteiger partial charge in [-0.05, 0) is 49.1 Å². The van der Waals surface area contributed by atoms with Crippen molar-refractivity contribution < 1.29 is 26.7 Å². The van der Waals surface area contributed by atoms with Crippen LogP contribution in [0.2, 0.25) is 0 Å². The predicted molar refractivity (Wildman–Crippen MR) is 112 cm³/mol. The third kappa shape index (κ3) is 6.48. The van der Waals surface area contributed by atoms with E-state index in [1.165, 1.54) is 10.4 Å². The third-order valence-electron chi connectivity index (χ3n) is 5.07. The van der Waals surface area contributed by atoms with Gasteiger partial charge >= 0.3 is 0 Å². The molecule has 1 amide bonds. The van der Waals surface area contributed by atoms with E-state index < -0.39 is 21.7 Å². The van der Waals surface area contributed by atoms with Crippen molar-refractivity contribution in [2.24, 2.45) is 0 Å². The van der Waals surface area contributed by atoms with Gasteiger partial charge in [-0.2, -0.15) is 4.31 Å². The molecule has 6 nitrogen and oxygen atoms in total. The maximum Gasteiger partial charge on any atom is 0.243 e. The number of benzene rings is 2. The lowest BCUT2D eigenvalue weighted by Gasteiger charge is -2.25. The Labute approximate surface area is 181 Å². The van der Waals surface area contributed by atoms with Crippen molar-refractivity contribution in [1.82, 2.24) is 9.62 Å². The molecule has 0 atom stereocenters. The van der Waals surface area contributed by atoms with E-state index in [0.717, 1.165) is 37.0 Å². The fourth-order valence-corrected chi connectivity index (χ4v) is 4.85. The monoisotopic (exact) mass is 452 g/mol. The molecule has 0 radical (unpaired) electrons. The Balaban J connectivity index is 1.41. The molecule has 0 bridgehead atoms. The van der Waals surface area contributed by atoms with Crippen molar-refractivity contribution >= 4 is 15.9 Å². The number of hydrogen-bond donors (Lipinski definition) is 1. The summed E-state index contributed by atoms with van der Waals surface area (Å²) in [4.78, 5) is 12.2. The zero-order valence-electron chi connectivity index (χ0n) is 17.1. The normalized spacial score (nSPS) is 14.9. The number of hydrogen-bond acceptors (Lipinski definition) is 4. The Hall–Kier alpha value is -2.52. The summed E-state index contributed by atoms with van der Waals surface area (Å²) < 4.78 is 58.4. The lowest BCUT2D eigenvalue weighted by molar-refractivity contribution is -0.121. The van der Waals surface area contributed by atoms with Crippen molar-refractivity contribution in [2.75, 3.05) is 19.7 Å². The number of carbonyl (C=O) groups is 1. The summed E-state index contributed by atoms with van der Waals surface area (Å²) in [5.41, 5.74) is 0.788. The van der Waals surface area contributed by atoms with Crippen LogP contribution in [0.5, 0.6) is 5.75 Å². The standard InChI is InChI=1S/C22H26F2N2O4S/c23-18-8-11-21(20(24)15-18)30-14-4-5-22(27)25-16-17-6-9-19(10-7-17)31(28,29)26-12-2-1-3-13-26/h6-11,15H,1-5,12-14,16H2,(H,25,27). The lowest BCUT2D eigenvalue weighted by Crippen LogP contribution is -2.35. The van der Waals surface area contributed by atoms with Crippen LogP contribution in [0.1, 0.15) is 37.7 Å². The van der Waals surface area contributed by atoms with E-state index in [1.54, 1.807) is 24.3 Å². The molecular formula is C22H26F2N2O4S. The number of halogens is 2. The summed E-state index contributed by atoms with van der Waals surface area (Å²) in [6.07, 6.45) is 3.38. The molecule has 0 unspecified atom stereocenters. The number of rotatable bonds is 9. The van der Waals surface area contributed by atoms with Crippen LogP contribution in [0.25, 0.3) is 0 Å².